The van der Waals surface area contributed by atoms with Crippen molar-refractivity contribution in [3.63, 3.8) is 0 Å². The van der Waals surface area contributed by atoms with Crippen molar-refractivity contribution in [3.8, 4) is 0 Å². The van der Waals surface area contributed by atoms with Crippen LogP contribution in [0, 0.1) is 0 Å². The third-order valence-electron chi connectivity index (χ3n) is 3.71. The van der Waals surface area contributed by atoms with Gasteiger partial charge in [-0.15, -0.1) is 23.7 Å². The van der Waals surface area contributed by atoms with Crippen molar-refractivity contribution in [2.24, 2.45) is 0 Å². The highest BCUT2D eigenvalue weighted by Gasteiger charge is 2.22. The number of piperazine rings is 1. The molecule has 6 heteroatoms. The number of nitrogens with one attached hydrogen (secondary N) is 1. The number of aryl methyl sites for hydroxylation is 1. The van der Waals surface area contributed by atoms with Crippen molar-refractivity contribution in [2.75, 3.05) is 19.6 Å². The van der Waals surface area contributed by atoms with Crippen LogP contribution in [-0.2, 0) is 11.2 Å². The fourth-order valence-electron chi connectivity index (χ4n) is 2.60. The third kappa shape index (κ3) is 3.73. The number of fused-ring (bicyclic) bond motifs is 1. The lowest BCUT2D eigenvalue weighted by atomic mass is 10.2. The van der Waals surface area contributed by atoms with Crippen LogP contribution in [-0.4, -0.2) is 41.5 Å². The number of para-hydroxylation sites is 1. The monoisotopic (exact) mass is 325 g/mol. The lowest BCUT2D eigenvalue weighted by Gasteiger charge is -2.34. The van der Waals surface area contributed by atoms with Gasteiger partial charge in [0.25, 0.3) is 0 Å². The van der Waals surface area contributed by atoms with Gasteiger partial charge in [0.1, 0.15) is 0 Å². The standard InChI is InChI=1S/C15H19N3OS.ClH/c1-11-10-16-8-9-18(11)15(19)7-6-14-17-12-4-2-3-5-13(12)20-14;/h2-5,11,16H,6-10H2,1H3;1H/t11-;/m0./s1. The third-order valence-corrected chi connectivity index (χ3v) is 4.81. The zero-order valence-corrected chi connectivity index (χ0v) is 13.7. The highest BCUT2D eigenvalue weighted by molar-refractivity contribution is 7.18. The number of aromatic nitrogens is 1. The van der Waals surface area contributed by atoms with Crippen molar-refractivity contribution >= 4 is 39.9 Å². The van der Waals surface area contributed by atoms with Crippen LogP contribution in [0.1, 0.15) is 18.4 Å². The SMILES string of the molecule is C[C@H]1CNCCN1C(=O)CCc1nc2ccccc2s1.Cl. The molecule has 3 rings (SSSR count). The number of halogens is 1. The minimum Gasteiger partial charge on any atom is -0.337 e. The second-order valence-corrected chi connectivity index (χ2v) is 6.33. The molecule has 21 heavy (non-hydrogen) atoms. The summed E-state index contributed by atoms with van der Waals surface area (Å²) in [7, 11) is 0. The molecule has 1 amide bonds. The molecule has 2 aromatic rings. The van der Waals surface area contributed by atoms with Crippen molar-refractivity contribution in [1.29, 1.82) is 0 Å². The number of carbonyl (C=O) groups is 1. The van der Waals surface area contributed by atoms with Gasteiger partial charge in [-0.25, -0.2) is 4.98 Å². The maximum absolute atomic E-state index is 12.3. The molecule has 1 aromatic heterocycles. The van der Waals surface area contributed by atoms with E-state index in [1.54, 1.807) is 11.3 Å². The van der Waals surface area contributed by atoms with Gasteiger partial charge >= 0.3 is 0 Å². The molecular weight excluding hydrogens is 306 g/mol. The molecule has 1 aliphatic heterocycles. The number of hydrogen-bond acceptors (Lipinski definition) is 4. The first-order chi connectivity index (χ1) is 9.74. The van der Waals surface area contributed by atoms with E-state index in [1.807, 2.05) is 23.1 Å². The molecule has 0 aliphatic carbocycles. The normalized spacial score (nSPS) is 18.5. The van der Waals surface area contributed by atoms with E-state index in [0.29, 0.717) is 12.5 Å². The first-order valence-corrected chi connectivity index (χ1v) is 7.90. The molecule has 114 valence electrons. The molecule has 2 heterocycles. The van der Waals surface area contributed by atoms with Crippen LogP contribution in [0.4, 0.5) is 0 Å². The second kappa shape index (κ2) is 7.20. The average molecular weight is 326 g/mol. The quantitative estimate of drug-likeness (QED) is 0.943. The molecule has 4 nitrogen and oxygen atoms in total. The zero-order valence-electron chi connectivity index (χ0n) is 12.0. The Kier molecular flexibility index (Phi) is 5.56. The van der Waals surface area contributed by atoms with Crippen molar-refractivity contribution in [1.82, 2.24) is 15.2 Å². The molecule has 0 unspecified atom stereocenters. The largest absolute Gasteiger partial charge is 0.337 e. The van der Waals surface area contributed by atoms with Gasteiger partial charge in [0, 0.05) is 38.5 Å². The number of thiazole rings is 1. The predicted molar refractivity (Wildman–Crippen MR) is 89.2 cm³/mol. The molecule has 0 spiro atoms. The number of nitrogens with zero attached hydrogens (tertiary/aromatic N) is 2. The topological polar surface area (TPSA) is 45.2 Å². The Labute approximate surface area is 135 Å². The van der Waals surface area contributed by atoms with E-state index in [4.69, 9.17) is 0 Å². The Morgan fingerprint density at radius 1 is 1.48 bits per heavy atom. The minimum atomic E-state index is 0. The van der Waals surface area contributed by atoms with Gasteiger partial charge in [-0.3, -0.25) is 4.79 Å². The van der Waals surface area contributed by atoms with Crippen LogP contribution >= 0.6 is 23.7 Å². The van der Waals surface area contributed by atoms with E-state index in [9.17, 15) is 4.79 Å². The summed E-state index contributed by atoms with van der Waals surface area (Å²) >= 11 is 1.69. The van der Waals surface area contributed by atoms with Crippen LogP contribution in [0.25, 0.3) is 10.2 Å². The molecule has 1 aliphatic rings. The number of carbonyl (C=O) groups excluding carboxylic acids is 1. The van der Waals surface area contributed by atoms with Crippen LogP contribution < -0.4 is 5.32 Å². The first kappa shape index (κ1) is 16.2. The lowest BCUT2D eigenvalue weighted by molar-refractivity contribution is -0.133. The smallest absolute Gasteiger partial charge is 0.223 e. The molecule has 0 bridgehead atoms. The molecular formula is C15H20ClN3OS. The van der Waals surface area contributed by atoms with Gasteiger partial charge in [0.2, 0.25) is 5.91 Å². The van der Waals surface area contributed by atoms with Gasteiger partial charge in [-0.2, -0.15) is 0 Å². The number of amides is 1. The molecule has 1 atom stereocenters. The van der Waals surface area contributed by atoms with E-state index in [2.05, 4.69) is 23.3 Å². The summed E-state index contributed by atoms with van der Waals surface area (Å²) in [6.45, 7) is 4.71. The van der Waals surface area contributed by atoms with E-state index in [0.717, 1.165) is 36.6 Å². The van der Waals surface area contributed by atoms with Crippen molar-refractivity contribution < 1.29 is 4.79 Å². The van der Waals surface area contributed by atoms with E-state index in [-0.39, 0.29) is 18.3 Å². The predicted octanol–water partition coefficient (Wildman–Crippen LogP) is 2.47. The average Bonchev–Trinajstić information content (AvgIpc) is 2.88. The Morgan fingerprint density at radius 3 is 3.05 bits per heavy atom. The Morgan fingerprint density at radius 2 is 2.29 bits per heavy atom. The first-order valence-electron chi connectivity index (χ1n) is 7.08. The fourth-order valence-corrected chi connectivity index (χ4v) is 3.56. The summed E-state index contributed by atoms with van der Waals surface area (Å²) in [4.78, 5) is 18.8. The number of rotatable bonds is 3. The summed E-state index contributed by atoms with van der Waals surface area (Å²) in [6, 6.07) is 8.43. The van der Waals surface area contributed by atoms with Crippen LogP contribution in [0.2, 0.25) is 0 Å². The molecule has 1 N–H and O–H groups in total. The molecule has 1 saturated heterocycles. The second-order valence-electron chi connectivity index (χ2n) is 5.22. The maximum atomic E-state index is 12.3. The Bertz CT molecular complexity index is 583. The van der Waals surface area contributed by atoms with Gasteiger partial charge in [0.15, 0.2) is 0 Å². The highest BCUT2D eigenvalue weighted by atomic mass is 35.5. The van der Waals surface area contributed by atoms with E-state index < -0.39 is 0 Å². The number of benzene rings is 1. The fraction of sp³-hybridized carbons (Fsp3) is 0.467. The number of hydrogen-bond donors (Lipinski definition) is 1. The van der Waals surface area contributed by atoms with Gasteiger partial charge in [-0.1, -0.05) is 12.1 Å². The maximum Gasteiger partial charge on any atom is 0.223 e. The van der Waals surface area contributed by atoms with Crippen LogP contribution in [0.15, 0.2) is 24.3 Å². The molecule has 1 aromatic carbocycles. The Hall–Kier alpha value is -1.17. The summed E-state index contributed by atoms with van der Waals surface area (Å²) in [5.74, 6) is 0.248. The lowest BCUT2D eigenvalue weighted by Crippen LogP contribution is -2.52. The van der Waals surface area contributed by atoms with E-state index >= 15 is 0 Å². The Balaban J connectivity index is 0.00000161. The summed E-state index contributed by atoms with van der Waals surface area (Å²) in [6.07, 6.45) is 1.30. The molecule has 1 fully saturated rings. The highest BCUT2D eigenvalue weighted by Crippen LogP contribution is 2.22. The van der Waals surface area contributed by atoms with Crippen molar-refractivity contribution in [3.05, 3.63) is 29.3 Å². The minimum absolute atomic E-state index is 0. The van der Waals surface area contributed by atoms with Crippen LogP contribution in [0.3, 0.4) is 0 Å². The van der Waals surface area contributed by atoms with Gasteiger partial charge < -0.3 is 10.2 Å². The molecule has 0 radical (unpaired) electrons. The van der Waals surface area contributed by atoms with Gasteiger partial charge in [-0.05, 0) is 19.1 Å². The summed E-state index contributed by atoms with van der Waals surface area (Å²) < 4.78 is 1.20. The zero-order chi connectivity index (χ0) is 13.9. The molecule has 0 saturated carbocycles. The van der Waals surface area contributed by atoms with E-state index in [1.165, 1.54) is 4.70 Å². The van der Waals surface area contributed by atoms with Crippen LogP contribution in [0.5, 0.6) is 0 Å². The van der Waals surface area contributed by atoms with Crippen molar-refractivity contribution in [2.45, 2.75) is 25.8 Å². The van der Waals surface area contributed by atoms with Gasteiger partial charge in [0.05, 0.1) is 15.2 Å². The summed E-state index contributed by atoms with van der Waals surface area (Å²) in [5.41, 5.74) is 1.04. The summed E-state index contributed by atoms with van der Waals surface area (Å²) in [5, 5.41) is 4.36.